The Kier molecular flexibility index (Phi) is 4.97. The minimum atomic E-state index is 0.735. The van der Waals surface area contributed by atoms with E-state index in [4.69, 9.17) is 14.8 Å². The first-order valence-electron chi connectivity index (χ1n) is 10.4. The molecular weight excluding hydrogens is 382 g/mol. The topological polar surface area (TPSA) is 39.4 Å². The largest absolute Gasteiger partial charge is 0.497 e. The van der Waals surface area contributed by atoms with Crippen molar-refractivity contribution >= 4 is 5.65 Å². The van der Waals surface area contributed by atoms with Gasteiger partial charge in [0.15, 0.2) is 5.65 Å². The van der Waals surface area contributed by atoms with Crippen LogP contribution in [0.1, 0.15) is 17.0 Å². The molecule has 0 aliphatic carbocycles. The zero-order valence-electron chi connectivity index (χ0n) is 17.6. The van der Waals surface area contributed by atoms with Crippen LogP contribution in [0.2, 0.25) is 0 Å². The second kappa shape index (κ2) is 8.07. The van der Waals surface area contributed by atoms with Gasteiger partial charge in [-0.05, 0) is 36.2 Å². The number of hydrogen-bond acceptors (Lipinski definition) is 3. The lowest BCUT2D eigenvalue weighted by Crippen LogP contribution is -1.98. The summed E-state index contributed by atoms with van der Waals surface area (Å²) in [6.45, 7) is 2.04. The summed E-state index contributed by atoms with van der Waals surface area (Å²) >= 11 is 0. The summed E-state index contributed by atoms with van der Waals surface area (Å²) in [5.74, 6) is 0.832. The quantitative estimate of drug-likeness (QED) is 0.362. The molecule has 0 unspecified atom stereocenters. The van der Waals surface area contributed by atoms with E-state index in [9.17, 15) is 0 Å². The number of hydrogen-bond donors (Lipinski definition) is 0. The molecule has 0 atom stereocenters. The first-order valence-corrected chi connectivity index (χ1v) is 10.4. The third-order valence-corrected chi connectivity index (χ3v) is 5.45. The van der Waals surface area contributed by atoms with Crippen molar-refractivity contribution in [3.05, 3.63) is 108 Å². The van der Waals surface area contributed by atoms with Gasteiger partial charge in [-0.3, -0.25) is 0 Å². The van der Waals surface area contributed by atoms with E-state index in [1.54, 1.807) is 7.11 Å². The van der Waals surface area contributed by atoms with Crippen LogP contribution in [-0.4, -0.2) is 21.7 Å². The van der Waals surface area contributed by atoms with E-state index in [0.717, 1.165) is 51.6 Å². The van der Waals surface area contributed by atoms with E-state index in [0.29, 0.717) is 0 Å². The van der Waals surface area contributed by atoms with Crippen molar-refractivity contribution in [3.63, 3.8) is 0 Å². The molecular formula is C27H23N3O. The molecule has 0 aliphatic rings. The molecule has 2 aromatic heterocycles. The third-order valence-electron chi connectivity index (χ3n) is 5.45. The molecule has 0 aliphatic heterocycles. The summed E-state index contributed by atoms with van der Waals surface area (Å²) in [5, 5.41) is 5.07. The fourth-order valence-corrected chi connectivity index (χ4v) is 3.96. The Balaban J connectivity index is 1.77. The Labute approximate surface area is 181 Å². The van der Waals surface area contributed by atoms with E-state index < -0.39 is 0 Å². The standard InChI is InChI=1S/C27H23N3O/c1-19-17-25(21-11-7-4-8-12-21)30-27(28-19)26(22-13-15-23(31-2)16-14-22)24(29-30)18-20-9-5-3-6-10-20/h3-17H,18H2,1-2H3. The number of fused-ring (bicyclic) bond motifs is 1. The van der Waals surface area contributed by atoms with E-state index in [-0.39, 0.29) is 0 Å². The molecule has 0 amide bonds. The second-order valence-electron chi connectivity index (χ2n) is 7.60. The van der Waals surface area contributed by atoms with Crippen molar-refractivity contribution in [2.24, 2.45) is 0 Å². The van der Waals surface area contributed by atoms with Gasteiger partial charge < -0.3 is 4.74 Å². The van der Waals surface area contributed by atoms with Crippen LogP contribution in [0.3, 0.4) is 0 Å². The van der Waals surface area contributed by atoms with Crippen LogP contribution >= 0.6 is 0 Å². The molecule has 2 heterocycles. The molecule has 4 heteroatoms. The number of aromatic nitrogens is 3. The summed E-state index contributed by atoms with van der Waals surface area (Å²) in [4.78, 5) is 4.91. The summed E-state index contributed by atoms with van der Waals surface area (Å²) in [5.41, 5.74) is 8.36. The molecule has 0 spiro atoms. The van der Waals surface area contributed by atoms with Gasteiger partial charge in [-0.1, -0.05) is 72.8 Å². The van der Waals surface area contributed by atoms with Crippen molar-refractivity contribution < 1.29 is 4.74 Å². The van der Waals surface area contributed by atoms with Crippen molar-refractivity contribution in [3.8, 4) is 28.1 Å². The molecule has 3 aromatic carbocycles. The van der Waals surface area contributed by atoms with Gasteiger partial charge >= 0.3 is 0 Å². The molecule has 4 nitrogen and oxygen atoms in total. The van der Waals surface area contributed by atoms with Crippen LogP contribution in [0.4, 0.5) is 0 Å². The first-order chi connectivity index (χ1) is 15.2. The zero-order chi connectivity index (χ0) is 21.2. The molecule has 0 saturated carbocycles. The lowest BCUT2D eigenvalue weighted by Gasteiger charge is -2.08. The van der Waals surface area contributed by atoms with Gasteiger partial charge in [0, 0.05) is 17.7 Å². The fourth-order valence-electron chi connectivity index (χ4n) is 3.96. The van der Waals surface area contributed by atoms with Crippen molar-refractivity contribution in [2.75, 3.05) is 7.11 Å². The minimum absolute atomic E-state index is 0.735. The summed E-state index contributed by atoms with van der Waals surface area (Å²) in [6.07, 6.45) is 0.735. The number of ether oxygens (including phenoxy) is 1. The molecule has 31 heavy (non-hydrogen) atoms. The Hall–Kier alpha value is -3.92. The van der Waals surface area contributed by atoms with E-state index in [2.05, 4.69) is 66.7 Å². The van der Waals surface area contributed by atoms with Gasteiger partial charge in [0.2, 0.25) is 0 Å². The maximum atomic E-state index is 5.36. The normalized spacial score (nSPS) is 11.0. The molecule has 5 aromatic rings. The maximum absolute atomic E-state index is 5.36. The van der Waals surface area contributed by atoms with E-state index in [1.165, 1.54) is 5.56 Å². The molecule has 0 N–H and O–H groups in total. The smallest absolute Gasteiger partial charge is 0.164 e. The van der Waals surface area contributed by atoms with E-state index in [1.807, 2.05) is 35.7 Å². The molecule has 0 radical (unpaired) electrons. The summed E-state index contributed by atoms with van der Waals surface area (Å²) < 4.78 is 7.35. The van der Waals surface area contributed by atoms with Crippen molar-refractivity contribution in [1.82, 2.24) is 14.6 Å². The Morgan fingerprint density at radius 1 is 0.806 bits per heavy atom. The molecule has 5 rings (SSSR count). The highest BCUT2D eigenvalue weighted by molar-refractivity contribution is 5.82. The average Bonchev–Trinajstić information content (AvgIpc) is 3.17. The molecule has 0 fully saturated rings. The predicted molar refractivity (Wildman–Crippen MR) is 124 cm³/mol. The van der Waals surface area contributed by atoms with Gasteiger partial charge in [0.05, 0.1) is 24.1 Å². The second-order valence-corrected chi connectivity index (χ2v) is 7.60. The molecule has 0 bridgehead atoms. The highest BCUT2D eigenvalue weighted by Crippen LogP contribution is 2.33. The fraction of sp³-hybridized carbons (Fsp3) is 0.111. The third kappa shape index (κ3) is 3.68. The highest BCUT2D eigenvalue weighted by atomic mass is 16.5. The Morgan fingerprint density at radius 2 is 1.48 bits per heavy atom. The number of methoxy groups -OCH3 is 1. The van der Waals surface area contributed by atoms with Crippen LogP contribution in [0.15, 0.2) is 91.0 Å². The SMILES string of the molecule is COc1ccc(-c2c(Cc3ccccc3)nn3c(-c4ccccc4)cc(C)nc23)cc1. The lowest BCUT2D eigenvalue weighted by molar-refractivity contribution is 0.415. The van der Waals surface area contributed by atoms with Crippen LogP contribution in [-0.2, 0) is 6.42 Å². The summed E-state index contributed by atoms with van der Waals surface area (Å²) in [6, 6.07) is 31.0. The monoisotopic (exact) mass is 405 g/mol. The maximum Gasteiger partial charge on any atom is 0.164 e. The van der Waals surface area contributed by atoms with Crippen LogP contribution < -0.4 is 4.74 Å². The predicted octanol–water partition coefficient (Wildman–Crippen LogP) is 5.97. The Morgan fingerprint density at radius 3 is 2.16 bits per heavy atom. The average molecular weight is 406 g/mol. The van der Waals surface area contributed by atoms with Crippen LogP contribution in [0.25, 0.3) is 28.0 Å². The van der Waals surface area contributed by atoms with Gasteiger partial charge in [-0.2, -0.15) is 5.10 Å². The molecule has 0 saturated heterocycles. The number of aryl methyl sites for hydroxylation is 1. The summed E-state index contributed by atoms with van der Waals surface area (Å²) in [7, 11) is 1.68. The van der Waals surface area contributed by atoms with Gasteiger partial charge in [0.25, 0.3) is 0 Å². The number of benzene rings is 3. The van der Waals surface area contributed by atoms with Gasteiger partial charge in [-0.25, -0.2) is 9.50 Å². The van der Waals surface area contributed by atoms with Crippen molar-refractivity contribution in [1.29, 1.82) is 0 Å². The molecule has 152 valence electrons. The van der Waals surface area contributed by atoms with E-state index >= 15 is 0 Å². The minimum Gasteiger partial charge on any atom is -0.497 e. The van der Waals surface area contributed by atoms with Crippen molar-refractivity contribution in [2.45, 2.75) is 13.3 Å². The van der Waals surface area contributed by atoms with Gasteiger partial charge in [0.1, 0.15) is 5.75 Å². The zero-order valence-corrected chi connectivity index (χ0v) is 17.6. The number of nitrogens with zero attached hydrogens (tertiary/aromatic N) is 3. The Bertz CT molecular complexity index is 1320. The highest BCUT2D eigenvalue weighted by Gasteiger charge is 2.19. The van der Waals surface area contributed by atoms with Gasteiger partial charge in [-0.15, -0.1) is 0 Å². The van der Waals surface area contributed by atoms with Crippen LogP contribution in [0, 0.1) is 6.92 Å². The lowest BCUT2D eigenvalue weighted by atomic mass is 10.0. The number of rotatable bonds is 5. The van der Waals surface area contributed by atoms with Crippen LogP contribution in [0.5, 0.6) is 5.75 Å². The first kappa shape index (κ1) is 19.1.